The Hall–Kier alpha value is -4.26. The van der Waals surface area contributed by atoms with E-state index < -0.39 is 6.04 Å². The molecule has 0 aliphatic carbocycles. The number of benzene rings is 2. The predicted molar refractivity (Wildman–Crippen MR) is 172 cm³/mol. The molecule has 12 nitrogen and oxygen atoms in total. The van der Waals surface area contributed by atoms with E-state index in [1.807, 2.05) is 0 Å². The van der Waals surface area contributed by atoms with Gasteiger partial charge < -0.3 is 20.4 Å². The van der Waals surface area contributed by atoms with Crippen LogP contribution in [-0.4, -0.2) is 55.1 Å². The van der Waals surface area contributed by atoms with Crippen molar-refractivity contribution in [2.24, 2.45) is 0 Å². The first kappa shape index (κ1) is 33.6. The number of aromatic amines is 1. The van der Waals surface area contributed by atoms with Gasteiger partial charge in [-0.2, -0.15) is 4.68 Å². The van der Waals surface area contributed by atoms with Crippen molar-refractivity contribution >= 4 is 64.3 Å². The number of nitrogens with zero attached hydrogens (tertiary/aromatic N) is 5. The lowest BCUT2D eigenvalue weighted by molar-refractivity contribution is -0.140. The lowest BCUT2D eigenvalue weighted by Crippen LogP contribution is -2.27. The molecular weight excluding hydrogens is 643 g/mol. The predicted octanol–water partition coefficient (Wildman–Crippen LogP) is 6.36. The fourth-order valence-corrected chi connectivity index (χ4v) is 5.10. The van der Waals surface area contributed by atoms with Crippen molar-refractivity contribution in [2.45, 2.75) is 51.5 Å². The molecule has 0 saturated carbocycles. The van der Waals surface area contributed by atoms with Gasteiger partial charge in [-0.3, -0.25) is 14.4 Å². The molecule has 1 atom stereocenters. The average Bonchev–Trinajstić information content (AvgIpc) is 3.70. The Morgan fingerprint density at radius 2 is 1.89 bits per heavy atom. The Morgan fingerprint density at radius 1 is 1.11 bits per heavy atom. The molecule has 3 N–H and O–H groups in total. The van der Waals surface area contributed by atoms with Gasteiger partial charge in [-0.1, -0.05) is 54.6 Å². The fourth-order valence-electron chi connectivity index (χ4n) is 4.50. The van der Waals surface area contributed by atoms with E-state index >= 15 is 0 Å². The van der Waals surface area contributed by atoms with Gasteiger partial charge in [0.25, 0.3) is 0 Å². The van der Waals surface area contributed by atoms with Gasteiger partial charge in [0.05, 0.1) is 24.5 Å². The summed E-state index contributed by atoms with van der Waals surface area (Å²) in [5, 5.41) is 18.5. The molecule has 15 heteroatoms. The summed E-state index contributed by atoms with van der Waals surface area (Å²) in [4.78, 5) is 43.3. The van der Waals surface area contributed by atoms with E-state index in [9.17, 15) is 14.4 Å². The Kier molecular flexibility index (Phi) is 12.1. The van der Waals surface area contributed by atoms with E-state index in [4.69, 9.17) is 39.8 Å². The largest absolute Gasteiger partial charge is 0.469 e. The third-order valence-corrected chi connectivity index (χ3v) is 7.49. The van der Waals surface area contributed by atoms with Gasteiger partial charge in [-0.05, 0) is 65.7 Å². The number of carbonyl (C=O) groups is 3. The number of esters is 1. The van der Waals surface area contributed by atoms with E-state index in [2.05, 4.69) is 35.9 Å². The number of methoxy groups -OCH3 is 1. The second-order valence-corrected chi connectivity index (χ2v) is 11.2. The zero-order valence-electron chi connectivity index (χ0n) is 24.5. The van der Waals surface area contributed by atoms with Gasteiger partial charge in [-0.25, -0.2) is 4.98 Å². The number of rotatable bonds is 5. The minimum absolute atomic E-state index is 0.0956. The molecule has 0 radical (unpaired) electrons. The minimum atomic E-state index is -0.446. The number of ether oxygens (including phenoxy) is 1. The quantitative estimate of drug-likeness (QED) is 0.163. The first-order valence-electron chi connectivity index (χ1n) is 14.1. The number of imidazole rings is 1. The van der Waals surface area contributed by atoms with Crippen LogP contribution >= 0.6 is 34.8 Å². The summed E-state index contributed by atoms with van der Waals surface area (Å²) in [6, 6.07) is 9.88. The first-order valence-corrected chi connectivity index (χ1v) is 15.2. The molecule has 0 fully saturated rings. The second-order valence-electron chi connectivity index (χ2n) is 9.90. The lowest BCUT2D eigenvalue weighted by atomic mass is 10.1. The smallest absolute Gasteiger partial charge is 0.305 e. The molecule has 1 aliphatic rings. The average molecular weight is 674 g/mol. The number of nitrogens with one attached hydrogen (secondary N) is 3. The molecule has 0 unspecified atom stereocenters. The van der Waals surface area contributed by atoms with Gasteiger partial charge >= 0.3 is 5.97 Å². The SMILES string of the molecule is CCC(=O)OC.O=C(/C=C/c1cc(Cl)ccc1-n1cnnn1)N[C@H]1CCCCCC(=O)Nc2ccc(Cl)cc2-c2nc1[nH]c2Cl. The third-order valence-electron chi connectivity index (χ3n) is 6.75. The van der Waals surface area contributed by atoms with Crippen LogP contribution < -0.4 is 10.6 Å². The lowest BCUT2D eigenvalue weighted by Gasteiger charge is -2.16. The van der Waals surface area contributed by atoms with Crippen molar-refractivity contribution in [3.8, 4) is 16.9 Å². The summed E-state index contributed by atoms with van der Waals surface area (Å²) < 4.78 is 5.75. The summed E-state index contributed by atoms with van der Waals surface area (Å²) >= 11 is 19.0. The molecule has 5 rings (SSSR count). The van der Waals surface area contributed by atoms with Crippen LogP contribution in [0.15, 0.2) is 48.8 Å². The van der Waals surface area contributed by atoms with Crippen LogP contribution in [0.3, 0.4) is 0 Å². The van der Waals surface area contributed by atoms with E-state index in [0.717, 1.165) is 12.8 Å². The Balaban J connectivity index is 0.000000700. The third kappa shape index (κ3) is 9.37. The number of hydrogen-bond donors (Lipinski definition) is 3. The van der Waals surface area contributed by atoms with E-state index in [-0.39, 0.29) is 22.9 Å². The highest BCUT2D eigenvalue weighted by molar-refractivity contribution is 6.33. The molecule has 45 heavy (non-hydrogen) atoms. The van der Waals surface area contributed by atoms with E-state index in [0.29, 0.717) is 69.7 Å². The molecule has 2 aromatic heterocycles. The van der Waals surface area contributed by atoms with Crippen molar-refractivity contribution < 1.29 is 19.1 Å². The molecule has 4 aromatic rings. The zero-order valence-corrected chi connectivity index (χ0v) is 26.8. The number of amides is 2. The molecule has 3 heterocycles. The summed E-state index contributed by atoms with van der Waals surface area (Å²) in [7, 11) is 1.38. The van der Waals surface area contributed by atoms with Crippen LogP contribution in [0.4, 0.5) is 5.69 Å². The number of aromatic nitrogens is 6. The standard InChI is InChI=1S/C26H23Cl3N8O2.C4H8O2/c27-16-8-10-21(37-14-30-35-36-37)15(12-16)6-11-23(39)32-20-4-2-1-3-5-22(38)31-19-9-7-17(28)13-18(19)24-25(29)34-26(20)33-24;1-3-4(5)6-2/h6-14,20H,1-5H2,(H,31,38)(H,32,39)(H,33,34);3H2,1-2H3/b11-6+;/t20-;/m0./s1. The van der Waals surface area contributed by atoms with Crippen LogP contribution in [0.5, 0.6) is 0 Å². The highest BCUT2D eigenvalue weighted by Gasteiger charge is 2.23. The number of anilines is 1. The Morgan fingerprint density at radius 3 is 2.60 bits per heavy atom. The van der Waals surface area contributed by atoms with Crippen molar-refractivity contribution in [3.05, 3.63) is 75.4 Å². The fraction of sp³-hybridized carbons (Fsp3) is 0.300. The normalized spacial score (nSPS) is 15.0. The number of halogens is 3. The van der Waals surface area contributed by atoms with Crippen molar-refractivity contribution in [2.75, 3.05) is 12.4 Å². The van der Waals surface area contributed by atoms with Crippen LogP contribution in [0.25, 0.3) is 23.0 Å². The summed E-state index contributed by atoms with van der Waals surface area (Å²) in [5.41, 5.74) is 2.91. The van der Waals surface area contributed by atoms with E-state index in [1.165, 1.54) is 24.2 Å². The number of hydrogen-bond acceptors (Lipinski definition) is 8. The second kappa shape index (κ2) is 16.2. The van der Waals surface area contributed by atoms with Crippen molar-refractivity contribution in [3.63, 3.8) is 0 Å². The number of carbonyl (C=O) groups excluding carboxylic acids is 3. The summed E-state index contributed by atoms with van der Waals surface area (Å²) in [5.74, 6) is -0.0801. The molecule has 0 spiro atoms. The minimum Gasteiger partial charge on any atom is -0.469 e. The summed E-state index contributed by atoms with van der Waals surface area (Å²) in [6.45, 7) is 1.76. The number of tetrazole rings is 1. The number of fused-ring (bicyclic) bond motifs is 4. The van der Waals surface area contributed by atoms with Crippen LogP contribution in [0, 0.1) is 0 Å². The van der Waals surface area contributed by atoms with Gasteiger partial charge in [0, 0.05) is 40.1 Å². The van der Waals surface area contributed by atoms with Crippen molar-refractivity contribution in [1.29, 1.82) is 0 Å². The van der Waals surface area contributed by atoms with Crippen LogP contribution in [0.2, 0.25) is 15.2 Å². The summed E-state index contributed by atoms with van der Waals surface area (Å²) in [6.07, 6.45) is 8.26. The Labute approximate surface area is 274 Å². The highest BCUT2D eigenvalue weighted by Crippen LogP contribution is 2.36. The first-order chi connectivity index (χ1) is 21.7. The molecule has 0 saturated heterocycles. The molecule has 1 aliphatic heterocycles. The zero-order chi connectivity index (χ0) is 32.3. The highest BCUT2D eigenvalue weighted by atomic mass is 35.5. The maximum Gasteiger partial charge on any atom is 0.305 e. The molecule has 236 valence electrons. The van der Waals surface area contributed by atoms with Crippen molar-refractivity contribution in [1.82, 2.24) is 35.5 Å². The monoisotopic (exact) mass is 672 g/mol. The van der Waals surface area contributed by atoms with Gasteiger partial charge in [-0.15, -0.1) is 5.10 Å². The van der Waals surface area contributed by atoms with Gasteiger partial charge in [0.1, 0.15) is 23.0 Å². The van der Waals surface area contributed by atoms with Gasteiger partial charge in [0.15, 0.2) is 0 Å². The molecule has 2 bridgehead atoms. The maximum atomic E-state index is 13.1. The van der Waals surface area contributed by atoms with Crippen LogP contribution in [-0.2, 0) is 19.1 Å². The van der Waals surface area contributed by atoms with Crippen LogP contribution in [0.1, 0.15) is 62.9 Å². The number of H-pyrrole nitrogens is 1. The molecule has 2 aromatic carbocycles. The topological polar surface area (TPSA) is 157 Å². The Bertz CT molecular complexity index is 1670. The van der Waals surface area contributed by atoms with Gasteiger partial charge in [0.2, 0.25) is 11.8 Å². The maximum absolute atomic E-state index is 13.1. The molecular formula is C30H31Cl3N8O4. The molecule has 2 amide bonds. The van der Waals surface area contributed by atoms with E-state index in [1.54, 1.807) is 49.4 Å².